The number of sulfonamides is 1. The van der Waals surface area contributed by atoms with Gasteiger partial charge in [0.25, 0.3) is 0 Å². The van der Waals surface area contributed by atoms with E-state index in [0.717, 1.165) is 24.8 Å². The molecule has 186 valence electrons. The number of methoxy groups -OCH3 is 1. The minimum absolute atomic E-state index is 0.130. The predicted octanol–water partition coefficient (Wildman–Crippen LogP) is 4.64. The van der Waals surface area contributed by atoms with Gasteiger partial charge in [-0.1, -0.05) is 56.1 Å². The summed E-state index contributed by atoms with van der Waals surface area (Å²) < 4.78 is 32.4. The molecule has 2 aromatic heterocycles. The third kappa shape index (κ3) is 5.05. The summed E-state index contributed by atoms with van der Waals surface area (Å²) in [6.45, 7) is 3.15. The fourth-order valence-electron chi connectivity index (χ4n) is 4.99. The number of rotatable bonds is 8. The highest BCUT2D eigenvalue weighted by atomic mass is 32.2. The molecule has 1 atom stereocenters. The molecule has 35 heavy (non-hydrogen) atoms. The molecule has 1 aliphatic heterocycles. The van der Waals surface area contributed by atoms with Crippen molar-refractivity contribution < 1.29 is 17.9 Å². The van der Waals surface area contributed by atoms with Gasteiger partial charge in [-0.15, -0.1) is 0 Å². The summed E-state index contributed by atoms with van der Waals surface area (Å²) in [6, 6.07) is 10.4. The van der Waals surface area contributed by atoms with Crippen molar-refractivity contribution in [2.45, 2.75) is 49.8 Å². The van der Waals surface area contributed by atoms with Crippen molar-refractivity contribution in [3.05, 3.63) is 42.0 Å². The van der Waals surface area contributed by atoms with E-state index < -0.39 is 10.0 Å². The monoisotopic (exact) mass is 514 g/mol. The summed E-state index contributed by atoms with van der Waals surface area (Å²) >= 11 is 1.31. The van der Waals surface area contributed by atoms with E-state index in [9.17, 15) is 13.2 Å². The minimum atomic E-state index is -3.48. The van der Waals surface area contributed by atoms with Crippen LogP contribution in [-0.4, -0.2) is 48.8 Å². The third-order valence-corrected chi connectivity index (χ3v) is 9.71. The maximum Gasteiger partial charge on any atom is 0.243 e. The van der Waals surface area contributed by atoms with E-state index >= 15 is 0 Å². The molecule has 0 spiro atoms. The predicted molar refractivity (Wildman–Crippen MR) is 136 cm³/mol. The molecule has 5 rings (SSSR count). The van der Waals surface area contributed by atoms with Gasteiger partial charge in [0, 0.05) is 19.2 Å². The molecule has 1 N–H and O–H groups in total. The second-order valence-electron chi connectivity index (χ2n) is 9.62. The summed E-state index contributed by atoms with van der Waals surface area (Å²) in [5, 5.41) is 3.48. The number of amides is 1. The molecule has 2 fully saturated rings. The van der Waals surface area contributed by atoms with E-state index in [1.807, 2.05) is 13.0 Å². The molecule has 1 aliphatic carbocycles. The molecule has 2 aliphatic rings. The fraction of sp³-hybridized carbons (Fsp3) is 0.480. The Kier molecular flexibility index (Phi) is 6.78. The van der Waals surface area contributed by atoms with E-state index in [1.54, 1.807) is 37.4 Å². The zero-order valence-corrected chi connectivity index (χ0v) is 21.6. The van der Waals surface area contributed by atoms with Crippen LogP contribution in [0.15, 0.2) is 41.3 Å². The van der Waals surface area contributed by atoms with Crippen LogP contribution in [0.5, 0.6) is 5.88 Å². The second kappa shape index (κ2) is 9.83. The Hall–Kier alpha value is -2.56. The van der Waals surface area contributed by atoms with Gasteiger partial charge in [-0.3, -0.25) is 4.79 Å². The van der Waals surface area contributed by atoms with Crippen molar-refractivity contribution in [2.24, 2.45) is 11.8 Å². The highest BCUT2D eigenvalue weighted by Gasteiger charge is 2.34. The summed E-state index contributed by atoms with van der Waals surface area (Å²) in [7, 11) is -1.92. The molecule has 10 heteroatoms. The lowest BCUT2D eigenvalue weighted by Crippen LogP contribution is -2.48. The van der Waals surface area contributed by atoms with Gasteiger partial charge in [0.2, 0.25) is 21.8 Å². The molecule has 0 bridgehead atoms. The van der Waals surface area contributed by atoms with E-state index in [-0.39, 0.29) is 16.7 Å². The van der Waals surface area contributed by atoms with Crippen LogP contribution >= 0.6 is 11.3 Å². The van der Waals surface area contributed by atoms with E-state index in [4.69, 9.17) is 4.74 Å². The number of pyridine rings is 1. The number of hydrogen-bond donors (Lipinski definition) is 1. The molecule has 1 saturated heterocycles. The van der Waals surface area contributed by atoms with E-state index in [2.05, 4.69) is 15.3 Å². The van der Waals surface area contributed by atoms with Gasteiger partial charge >= 0.3 is 0 Å². The summed E-state index contributed by atoms with van der Waals surface area (Å²) in [4.78, 5) is 23.3. The number of benzene rings is 1. The Morgan fingerprint density at radius 1 is 1.14 bits per heavy atom. The number of anilines is 1. The first-order valence-corrected chi connectivity index (χ1v) is 14.3. The quantitative estimate of drug-likeness (QED) is 0.470. The van der Waals surface area contributed by atoms with Crippen molar-refractivity contribution in [3.8, 4) is 5.88 Å². The number of ether oxygens (including phenoxy) is 1. The Balaban J connectivity index is 1.37. The maximum absolute atomic E-state index is 13.5. The first kappa shape index (κ1) is 24.1. The van der Waals surface area contributed by atoms with Gasteiger partial charge in [0.05, 0.1) is 17.9 Å². The standard InChI is InChI=1S/C25H30N4O4S2/c1-16-14-29(15-16)35(31,32)19-9-7-18(8-10-19)20(13-17-5-3-4-6-17)23(30)28-25-26-21-11-12-22(33-2)27-24(21)34-25/h7-12,16-17,20H,3-6,13-15H2,1-2H3,(H,26,28,30). The molecule has 0 radical (unpaired) electrons. The van der Waals surface area contributed by atoms with E-state index in [1.165, 1.54) is 28.5 Å². The Morgan fingerprint density at radius 2 is 1.86 bits per heavy atom. The number of nitrogens with one attached hydrogen (secondary N) is 1. The van der Waals surface area contributed by atoms with Crippen LogP contribution in [0.1, 0.15) is 50.5 Å². The van der Waals surface area contributed by atoms with Gasteiger partial charge in [-0.25, -0.2) is 18.4 Å². The van der Waals surface area contributed by atoms with Crippen LogP contribution in [0.2, 0.25) is 0 Å². The largest absolute Gasteiger partial charge is 0.481 e. The first-order valence-electron chi connectivity index (χ1n) is 12.1. The molecule has 1 unspecified atom stereocenters. The third-order valence-electron chi connectivity index (χ3n) is 6.98. The smallest absolute Gasteiger partial charge is 0.243 e. The van der Waals surface area contributed by atoms with Crippen molar-refractivity contribution in [1.82, 2.24) is 14.3 Å². The fourth-order valence-corrected chi connectivity index (χ4v) is 7.51. The number of thiazole rings is 1. The molecule has 8 nitrogen and oxygen atoms in total. The van der Waals surface area contributed by atoms with Crippen molar-refractivity contribution in [1.29, 1.82) is 0 Å². The number of carbonyl (C=O) groups excluding carboxylic acids is 1. The van der Waals surface area contributed by atoms with Gasteiger partial charge in [0.1, 0.15) is 10.3 Å². The zero-order valence-electron chi connectivity index (χ0n) is 19.9. The first-order chi connectivity index (χ1) is 16.8. The van der Waals surface area contributed by atoms with Crippen LogP contribution in [-0.2, 0) is 14.8 Å². The van der Waals surface area contributed by atoms with Gasteiger partial charge in [-0.05, 0) is 42.0 Å². The molecule has 1 saturated carbocycles. The molecule has 3 heterocycles. The average Bonchev–Trinajstić information content (AvgIpc) is 3.49. The molecular formula is C25H30N4O4S2. The average molecular weight is 515 g/mol. The topological polar surface area (TPSA) is 101 Å². The molecular weight excluding hydrogens is 484 g/mol. The number of carbonyl (C=O) groups is 1. The number of hydrogen-bond acceptors (Lipinski definition) is 7. The zero-order chi connectivity index (χ0) is 24.6. The number of aromatic nitrogens is 2. The second-order valence-corrected chi connectivity index (χ2v) is 12.5. The van der Waals surface area contributed by atoms with Gasteiger partial charge in [-0.2, -0.15) is 4.31 Å². The minimum Gasteiger partial charge on any atom is -0.481 e. The summed E-state index contributed by atoms with van der Waals surface area (Å²) in [5.41, 5.74) is 1.53. The van der Waals surface area contributed by atoms with Gasteiger partial charge in [0.15, 0.2) is 5.13 Å². The van der Waals surface area contributed by atoms with Gasteiger partial charge < -0.3 is 10.1 Å². The highest BCUT2D eigenvalue weighted by Crippen LogP contribution is 2.36. The van der Waals surface area contributed by atoms with Crippen LogP contribution in [0.3, 0.4) is 0 Å². The lowest BCUT2D eigenvalue weighted by Gasteiger charge is -2.35. The van der Waals surface area contributed by atoms with E-state index in [0.29, 0.717) is 46.3 Å². The van der Waals surface area contributed by atoms with Crippen LogP contribution in [0, 0.1) is 11.8 Å². The highest BCUT2D eigenvalue weighted by molar-refractivity contribution is 7.89. The van der Waals surface area contributed by atoms with Crippen LogP contribution in [0.25, 0.3) is 10.3 Å². The Bertz CT molecular complexity index is 1310. The van der Waals surface area contributed by atoms with Crippen LogP contribution in [0.4, 0.5) is 5.13 Å². The molecule has 1 aromatic carbocycles. The van der Waals surface area contributed by atoms with Crippen molar-refractivity contribution >= 4 is 42.7 Å². The Labute approximate surface area is 209 Å². The van der Waals surface area contributed by atoms with Crippen molar-refractivity contribution in [3.63, 3.8) is 0 Å². The SMILES string of the molecule is COc1ccc2nc(NC(=O)C(CC3CCCC3)c3ccc(S(=O)(=O)N4CC(C)C4)cc3)sc2n1. The van der Waals surface area contributed by atoms with Crippen LogP contribution < -0.4 is 10.1 Å². The lowest BCUT2D eigenvalue weighted by molar-refractivity contribution is -0.118. The lowest BCUT2D eigenvalue weighted by atomic mass is 9.87. The number of fused-ring (bicyclic) bond motifs is 1. The maximum atomic E-state index is 13.5. The number of nitrogens with zero attached hydrogens (tertiary/aromatic N) is 3. The Morgan fingerprint density at radius 3 is 2.51 bits per heavy atom. The molecule has 1 amide bonds. The summed E-state index contributed by atoms with van der Waals surface area (Å²) in [5.74, 6) is 0.865. The normalized spacial score (nSPS) is 18.5. The van der Waals surface area contributed by atoms with Crippen molar-refractivity contribution in [2.75, 3.05) is 25.5 Å². The molecule has 3 aromatic rings. The summed E-state index contributed by atoms with van der Waals surface area (Å²) in [6.07, 6.45) is 5.35.